The summed E-state index contributed by atoms with van der Waals surface area (Å²) in [7, 11) is 0. The highest BCUT2D eigenvalue weighted by Gasteiger charge is 2.53. The molecule has 1 aromatic rings. The molecule has 0 bridgehead atoms. The van der Waals surface area contributed by atoms with Crippen molar-refractivity contribution in [1.82, 2.24) is 10.6 Å². The maximum absolute atomic E-state index is 12.0. The number of hydrogen-bond acceptors (Lipinski definition) is 2. The lowest BCUT2D eigenvalue weighted by Gasteiger charge is -2.08. The average molecular weight is 251 g/mol. The number of halogens is 1. The molecule has 90 valence electrons. The fourth-order valence-corrected chi connectivity index (χ4v) is 3.02. The largest absolute Gasteiger partial charge is 0.349 e. The predicted octanol–water partition coefficient (Wildman–Crippen LogP) is 1.60. The molecule has 1 aromatic carbocycles. The van der Waals surface area contributed by atoms with E-state index in [4.69, 9.17) is 11.6 Å². The van der Waals surface area contributed by atoms with Crippen LogP contribution in [0.15, 0.2) is 18.2 Å². The van der Waals surface area contributed by atoms with Crippen LogP contribution in [0.3, 0.4) is 0 Å². The zero-order chi connectivity index (χ0) is 12.0. The number of fused-ring (bicyclic) bond motifs is 1. The van der Waals surface area contributed by atoms with Crippen LogP contribution >= 0.6 is 11.6 Å². The number of carbonyl (C=O) groups is 1. The number of piperidine rings is 1. The normalized spacial score (nSPS) is 29.9. The molecule has 3 rings (SSSR count). The molecule has 2 N–H and O–H groups in total. The van der Waals surface area contributed by atoms with E-state index in [9.17, 15) is 4.79 Å². The molecule has 17 heavy (non-hydrogen) atoms. The van der Waals surface area contributed by atoms with Gasteiger partial charge in [-0.15, -0.1) is 0 Å². The molecule has 2 fully saturated rings. The summed E-state index contributed by atoms with van der Waals surface area (Å²) in [6, 6.07) is 5.81. The lowest BCUT2D eigenvalue weighted by molar-refractivity contribution is 0.0946. The second-order valence-electron chi connectivity index (χ2n) is 5.00. The summed E-state index contributed by atoms with van der Waals surface area (Å²) in [6.45, 7) is 4.01. The summed E-state index contributed by atoms with van der Waals surface area (Å²) >= 11 is 5.95. The van der Waals surface area contributed by atoms with Gasteiger partial charge in [0.2, 0.25) is 0 Å². The number of rotatable bonds is 2. The lowest BCUT2D eigenvalue weighted by Crippen LogP contribution is -2.32. The second kappa shape index (κ2) is 4.00. The molecule has 3 nitrogen and oxygen atoms in total. The molecule has 2 aliphatic rings. The molecule has 0 aromatic heterocycles. The molecular weight excluding hydrogens is 236 g/mol. The molecule has 0 spiro atoms. The standard InChI is InChI=1S/C13H15ClN2O/c1-7-2-8(4-9(14)3-7)13(17)16-12-10-5-15-6-11(10)12/h2-4,10-12,15H,5-6H2,1H3,(H,16,17). The summed E-state index contributed by atoms with van der Waals surface area (Å²) < 4.78 is 0. The molecule has 1 amide bonds. The summed E-state index contributed by atoms with van der Waals surface area (Å²) in [5.74, 6) is 1.27. The van der Waals surface area contributed by atoms with Gasteiger partial charge in [0.25, 0.3) is 5.91 Å². The number of benzene rings is 1. The Morgan fingerprint density at radius 1 is 1.35 bits per heavy atom. The average Bonchev–Trinajstić information content (AvgIpc) is 2.73. The van der Waals surface area contributed by atoms with E-state index in [1.807, 2.05) is 19.1 Å². The van der Waals surface area contributed by atoms with Crippen molar-refractivity contribution in [2.75, 3.05) is 13.1 Å². The van der Waals surface area contributed by atoms with Crippen molar-refractivity contribution >= 4 is 17.5 Å². The van der Waals surface area contributed by atoms with Gasteiger partial charge in [-0.05, 0) is 42.5 Å². The van der Waals surface area contributed by atoms with Crippen LogP contribution in [0.2, 0.25) is 5.02 Å². The Hall–Kier alpha value is -1.06. The third kappa shape index (κ3) is 2.05. The van der Waals surface area contributed by atoms with E-state index in [1.54, 1.807) is 6.07 Å². The number of aryl methyl sites for hydroxylation is 1. The first-order valence-corrected chi connectivity index (χ1v) is 6.32. The first kappa shape index (κ1) is 11.1. The van der Waals surface area contributed by atoms with Crippen molar-refractivity contribution in [1.29, 1.82) is 0 Å². The van der Waals surface area contributed by atoms with Gasteiger partial charge in [-0.25, -0.2) is 0 Å². The quantitative estimate of drug-likeness (QED) is 0.837. The van der Waals surface area contributed by atoms with Crippen molar-refractivity contribution in [2.24, 2.45) is 11.8 Å². The van der Waals surface area contributed by atoms with Gasteiger partial charge in [0.15, 0.2) is 0 Å². The maximum Gasteiger partial charge on any atom is 0.251 e. The minimum absolute atomic E-state index is 0.00463. The fourth-order valence-electron chi connectivity index (χ4n) is 2.73. The molecule has 4 heteroatoms. The molecule has 1 heterocycles. The summed E-state index contributed by atoms with van der Waals surface area (Å²) in [4.78, 5) is 12.0. The molecule has 2 unspecified atom stereocenters. The highest BCUT2D eigenvalue weighted by atomic mass is 35.5. The Labute approximate surface area is 106 Å². The third-order valence-electron chi connectivity index (χ3n) is 3.69. The Kier molecular flexibility index (Phi) is 2.60. The van der Waals surface area contributed by atoms with E-state index >= 15 is 0 Å². The zero-order valence-corrected chi connectivity index (χ0v) is 10.4. The summed E-state index contributed by atoms with van der Waals surface area (Å²) in [6.07, 6.45) is 0. The number of amides is 1. The molecule has 1 saturated heterocycles. The van der Waals surface area contributed by atoms with Crippen LogP contribution in [0.1, 0.15) is 15.9 Å². The van der Waals surface area contributed by atoms with Gasteiger partial charge >= 0.3 is 0 Å². The van der Waals surface area contributed by atoms with Gasteiger partial charge in [0.05, 0.1) is 0 Å². The number of hydrogen-bond donors (Lipinski definition) is 2. The topological polar surface area (TPSA) is 41.1 Å². The maximum atomic E-state index is 12.0. The molecule has 1 saturated carbocycles. The van der Waals surface area contributed by atoms with Crippen LogP contribution in [-0.2, 0) is 0 Å². The van der Waals surface area contributed by atoms with Crippen LogP contribution < -0.4 is 10.6 Å². The van der Waals surface area contributed by atoms with E-state index < -0.39 is 0 Å². The molecular formula is C13H15ClN2O. The van der Waals surface area contributed by atoms with E-state index in [1.165, 1.54) is 0 Å². The van der Waals surface area contributed by atoms with E-state index in [0.717, 1.165) is 18.7 Å². The third-order valence-corrected chi connectivity index (χ3v) is 3.91. The lowest BCUT2D eigenvalue weighted by atomic mass is 10.1. The first-order valence-electron chi connectivity index (χ1n) is 5.94. The first-order chi connectivity index (χ1) is 8.15. The SMILES string of the molecule is Cc1cc(Cl)cc(C(=O)NC2C3CNCC32)c1. The smallest absolute Gasteiger partial charge is 0.251 e. The van der Waals surface area contributed by atoms with Crippen molar-refractivity contribution in [3.8, 4) is 0 Å². The van der Waals surface area contributed by atoms with Crippen molar-refractivity contribution < 1.29 is 4.79 Å². The highest BCUT2D eigenvalue weighted by Crippen LogP contribution is 2.41. The van der Waals surface area contributed by atoms with Crippen LogP contribution in [0.5, 0.6) is 0 Å². The predicted molar refractivity (Wildman–Crippen MR) is 67.3 cm³/mol. The van der Waals surface area contributed by atoms with E-state index in [2.05, 4.69) is 10.6 Å². The minimum Gasteiger partial charge on any atom is -0.349 e. The summed E-state index contributed by atoms with van der Waals surface area (Å²) in [5, 5.41) is 7.02. The molecule has 1 aliphatic heterocycles. The Balaban J connectivity index is 1.69. The van der Waals surface area contributed by atoms with Crippen LogP contribution in [0.4, 0.5) is 0 Å². The zero-order valence-electron chi connectivity index (χ0n) is 9.66. The van der Waals surface area contributed by atoms with Gasteiger partial charge in [-0.3, -0.25) is 4.79 Å². The Morgan fingerprint density at radius 3 is 2.71 bits per heavy atom. The van der Waals surface area contributed by atoms with E-state index in [0.29, 0.717) is 28.5 Å². The van der Waals surface area contributed by atoms with Gasteiger partial charge < -0.3 is 10.6 Å². The number of nitrogens with one attached hydrogen (secondary N) is 2. The van der Waals surface area contributed by atoms with Crippen molar-refractivity contribution in [2.45, 2.75) is 13.0 Å². The van der Waals surface area contributed by atoms with Gasteiger partial charge in [0, 0.05) is 29.7 Å². The summed E-state index contributed by atoms with van der Waals surface area (Å²) in [5.41, 5.74) is 1.67. The van der Waals surface area contributed by atoms with Crippen molar-refractivity contribution in [3.63, 3.8) is 0 Å². The molecule has 0 radical (unpaired) electrons. The number of carbonyl (C=O) groups excluding carboxylic acids is 1. The monoisotopic (exact) mass is 250 g/mol. The van der Waals surface area contributed by atoms with Crippen LogP contribution in [0.25, 0.3) is 0 Å². The van der Waals surface area contributed by atoms with Crippen molar-refractivity contribution in [3.05, 3.63) is 34.3 Å². The van der Waals surface area contributed by atoms with Crippen LogP contribution in [0, 0.1) is 18.8 Å². The fraction of sp³-hybridized carbons (Fsp3) is 0.462. The Morgan fingerprint density at radius 2 is 2.06 bits per heavy atom. The van der Waals surface area contributed by atoms with Gasteiger partial charge in [0.1, 0.15) is 0 Å². The highest BCUT2D eigenvalue weighted by molar-refractivity contribution is 6.31. The van der Waals surface area contributed by atoms with Gasteiger partial charge in [-0.2, -0.15) is 0 Å². The molecule has 1 aliphatic carbocycles. The van der Waals surface area contributed by atoms with Gasteiger partial charge in [-0.1, -0.05) is 11.6 Å². The second-order valence-corrected chi connectivity index (χ2v) is 5.44. The minimum atomic E-state index is -0.00463. The Bertz CT molecular complexity index is 444. The van der Waals surface area contributed by atoms with Crippen LogP contribution in [-0.4, -0.2) is 25.0 Å². The van der Waals surface area contributed by atoms with E-state index in [-0.39, 0.29) is 5.91 Å². The molecule has 2 atom stereocenters.